The number of aliphatic hydroxyl groups excluding tert-OH is 3. The lowest BCUT2D eigenvalue weighted by Gasteiger charge is -2.15. The number of nitrogens with two attached hydrogens (primary N) is 1. The topological polar surface area (TPSA) is 95.9 Å². The van der Waals surface area contributed by atoms with E-state index in [0.29, 0.717) is 0 Å². The van der Waals surface area contributed by atoms with E-state index in [-0.39, 0.29) is 26.1 Å². The van der Waals surface area contributed by atoms with Gasteiger partial charge >= 0.3 is 0 Å². The molecule has 0 aromatic heterocycles. The van der Waals surface area contributed by atoms with Gasteiger partial charge in [-0.25, -0.2) is 5.90 Å². The van der Waals surface area contributed by atoms with Crippen LogP contribution in [-0.4, -0.2) is 40.7 Å². The van der Waals surface area contributed by atoms with Crippen LogP contribution >= 0.6 is 0 Å². The SMILES string of the molecule is NOCCC(O)C(O)CCO. The highest BCUT2D eigenvalue weighted by Crippen LogP contribution is 2.02. The molecule has 0 rings (SSSR count). The van der Waals surface area contributed by atoms with E-state index >= 15 is 0 Å². The molecule has 5 heteroatoms. The molecule has 0 saturated carbocycles. The molecular formula is C6H15NO4. The molecule has 5 N–H and O–H groups in total. The quantitative estimate of drug-likeness (QED) is 0.354. The van der Waals surface area contributed by atoms with Gasteiger partial charge in [-0.3, -0.25) is 0 Å². The number of hydrogen-bond acceptors (Lipinski definition) is 5. The van der Waals surface area contributed by atoms with Crippen molar-refractivity contribution in [1.29, 1.82) is 0 Å². The van der Waals surface area contributed by atoms with Crippen molar-refractivity contribution in [3.8, 4) is 0 Å². The average Bonchev–Trinajstić information content (AvgIpc) is 2.00. The van der Waals surface area contributed by atoms with Gasteiger partial charge in [0.05, 0.1) is 18.8 Å². The van der Waals surface area contributed by atoms with E-state index in [1.54, 1.807) is 0 Å². The Morgan fingerprint density at radius 1 is 1.18 bits per heavy atom. The first-order valence-electron chi connectivity index (χ1n) is 3.51. The Hall–Kier alpha value is -0.200. The second-order valence-electron chi connectivity index (χ2n) is 2.31. The maximum absolute atomic E-state index is 9.08. The fraction of sp³-hybridized carbons (Fsp3) is 1.00. The number of hydrogen-bond donors (Lipinski definition) is 4. The summed E-state index contributed by atoms with van der Waals surface area (Å²) in [7, 11) is 0. The van der Waals surface area contributed by atoms with Crippen LogP contribution in [-0.2, 0) is 4.84 Å². The van der Waals surface area contributed by atoms with Crippen molar-refractivity contribution in [3.05, 3.63) is 0 Å². The van der Waals surface area contributed by atoms with Crippen molar-refractivity contribution >= 4 is 0 Å². The van der Waals surface area contributed by atoms with Crippen molar-refractivity contribution in [3.63, 3.8) is 0 Å². The lowest BCUT2D eigenvalue weighted by atomic mass is 10.1. The maximum atomic E-state index is 9.08. The van der Waals surface area contributed by atoms with Gasteiger partial charge in [0.1, 0.15) is 0 Å². The minimum Gasteiger partial charge on any atom is -0.396 e. The molecule has 0 fully saturated rings. The normalized spacial score (nSPS) is 16.4. The van der Waals surface area contributed by atoms with E-state index in [2.05, 4.69) is 4.84 Å². The zero-order chi connectivity index (χ0) is 8.69. The molecule has 0 saturated heterocycles. The first-order chi connectivity index (χ1) is 5.22. The minimum absolute atomic E-state index is 0.137. The van der Waals surface area contributed by atoms with Crippen LogP contribution in [0.2, 0.25) is 0 Å². The summed E-state index contributed by atoms with van der Waals surface area (Å²) >= 11 is 0. The van der Waals surface area contributed by atoms with Gasteiger partial charge < -0.3 is 20.2 Å². The Morgan fingerprint density at radius 3 is 2.18 bits per heavy atom. The van der Waals surface area contributed by atoms with Gasteiger partial charge in [-0.2, -0.15) is 0 Å². The predicted molar refractivity (Wildman–Crippen MR) is 38.5 cm³/mol. The van der Waals surface area contributed by atoms with Gasteiger partial charge in [-0.05, 0) is 6.42 Å². The van der Waals surface area contributed by atoms with Crippen LogP contribution in [0.25, 0.3) is 0 Å². The Morgan fingerprint density at radius 2 is 1.73 bits per heavy atom. The summed E-state index contributed by atoms with van der Waals surface area (Å²) in [5, 5.41) is 26.5. The van der Waals surface area contributed by atoms with E-state index in [0.717, 1.165) is 0 Å². The molecule has 2 atom stereocenters. The van der Waals surface area contributed by atoms with Crippen LogP contribution in [0.1, 0.15) is 12.8 Å². The van der Waals surface area contributed by atoms with Gasteiger partial charge in [-0.15, -0.1) is 0 Å². The molecule has 0 aliphatic heterocycles. The molecule has 0 radical (unpaired) electrons. The van der Waals surface area contributed by atoms with Crippen LogP contribution in [0.3, 0.4) is 0 Å². The zero-order valence-corrected chi connectivity index (χ0v) is 6.31. The molecule has 11 heavy (non-hydrogen) atoms. The molecule has 0 spiro atoms. The second kappa shape index (κ2) is 6.51. The van der Waals surface area contributed by atoms with Crippen LogP contribution in [0.15, 0.2) is 0 Å². The van der Waals surface area contributed by atoms with Crippen LogP contribution in [0.5, 0.6) is 0 Å². The Bertz CT molecular complexity index is 90.7. The van der Waals surface area contributed by atoms with Gasteiger partial charge in [0, 0.05) is 13.0 Å². The van der Waals surface area contributed by atoms with Crippen molar-refractivity contribution in [2.75, 3.05) is 13.2 Å². The summed E-state index contributed by atoms with van der Waals surface area (Å²) in [6.45, 7) is 0.0609. The molecule has 68 valence electrons. The number of rotatable bonds is 6. The summed E-state index contributed by atoms with van der Waals surface area (Å²) in [4.78, 5) is 4.21. The standard InChI is InChI=1S/C6H15NO4/c7-11-4-2-6(10)5(9)1-3-8/h5-6,8-10H,1-4,7H2. The highest BCUT2D eigenvalue weighted by molar-refractivity contribution is 4.65. The molecule has 0 aromatic rings. The third-order valence-electron chi connectivity index (χ3n) is 1.40. The van der Waals surface area contributed by atoms with Crippen LogP contribution in [0, 0.1) is 0 Å². The van der Waals surface area contributed by atoms with Crippen LogP contribution in [0.4, 0.5) is 0 Å². The Labute approximate surface area is 65.4 Å². The van der Waals surface area contributed by atoms with Crippen molar-refractivity contribution in [1.82, 2.24) is 0 Å². The molecule has 0 aliphatic carbocycles. The monoisotopic (exact) mass is 165 g/mol. The molecule has 0 amide bonds. The lowest BCUT2D eigenvalue weighted by Crippen LogP contribution is -2.28. The van der Waals surface area contributed by atoms with Gasteiger partial charge in [-0.1, -0.05) is 0 Å². The molecule has 0 aliphatic rings. The maximum Gasteiger partial charge on any atom is 0.0822 e. The van der Waals surface area contributed by atoms with E-state index < -0.39 is 12.2 Å². The molecule has 0 heterocycles. The first kappa shape index (κ1) is 10.8. The summed E-state index contributed by atoms with van der Waals surface area (Å²) in [6.07, 6.45) is -1.32. The summed E-state index contributed by atoms with van der Waals surface area (Å²) in [5.41, 5.74) is 0. The van der Waals surface area contributed by atoms with E-state index in [1.807, 2.05) is 0 Å². The smallest absolute Gasteiger partial charge is 0.0822 e. The third kappa shape index (κ3) is 5.11. The minimum atomic E-state index is -0.893. The Balaban J connectivity index is 3.38. The third-order valence-corrected chi connectivity index (χ3v) is 1.40. The first-order valence-corrected chi connectivity index (χ1v) is 3.51. The van der Waals surface area contributed by atoms with Gasteiger partial charge in [0.25, 0.3) is 0 Å². The fourth-order valence-corrected chi connectivity index (χ4v) is 0.706. The van der Waals surface area contributed by atoms with Crippen molar-refractivity contribution in [2.24, 2.45) is 5.90 Å². The van der Waals surface area contributed by atoms with E-state index in [4.69, 9.17) is 21.2 Å². The summed E-state index contributed by atoms with van der Waals surface area (Å²) in [6, 6.07) is 0. The number of aliphatic hydroxyl groups is 3. The highest BCUT2D eigenvalue weighted by Gasteiger charge is 2.14. The Kier molecular flexibility index (Phi) is 6.39. The van der Waals surface area contributed by atoms with Gasteiger partial charge in [0.15, 0.2) is 0 Å². The predicted octanol–water partition coefficient (Wildman–Crippen LogP) is -1.63. The molecule has 2 unspecified atom stereocenters. The average molecular weight is 165 g/mol. The van der Waals surface area contributed by atoms with Crippen molar-refractivity contribution in [2.45, 2.75) is 25.0 Å². The molecule has 5 nitrogen and oxygen atoms in total. The molecular weight excluding hydrogens is 150 g/mol. The van der Waals surface area contributed by atoms with E-state index in [1.165, 1.54) is 0 Å². The second-order valence-corrected chi connectivity index (χ2v) is 2.31. The van der Waals surface area contributed by atoms with E-state index in [9.17, 15) is 0 Å². The zero-order valence-electron chi connectivity index (χ0n) is 6.31. The molecule has 0 bridgehead atoms. The molecule has 0 aromatic carbocycles. The lowest BCUT2D eigenvalue weighted by molar-refractivity contribution is -0.0150. The highest BCUT2D eigenvalue weighted by atomic mass is 16.6. The van der Waals surface area contributed by atoms with Gasteiger partial charge in [0.2, 0.25) is 0 Å². The van der Waals surface area contributed by atoms with Crippen molar-refractivity contribution < 1.29 is 20.2 Å². The summed E-state index contributed by atoms with van der Waals surface area (Å²) < 4.78 is 0. The largest absolute Gasteiger partial charge is 0.396 e. The van der Waals surface area contributed by atoms with Crippen LogP contribution < -0.4 is 5.90 Å². The summed E-state index contributed by atoms with van der Waals surface area (Å²) in [5.74, 6) is 4.71. The fourth-order valence-electron chi connectivity index (χ4n) is 0.706.